The summed E-state index contributed by atoms with van der Waals surface area (Å²) >= 11 is 1.37. The molecule has 8 heteroatoms. The van der Waals surface area contributed by atoms with Crippen LogP contribution < -0.4 is 10.2 Å². The molecule has 1 atom stereocenters. The van der Waals surface area contributed by atoms with Gasteiger partial charge in [-0.25, -0.2) is 9.97 Å². The maximum atomic E-state index is 12.2. The Balaban J connectivity index is 1.60. The van der Waals surface area contributed by atoms with E-state index in [0.717, 1.165) is 16.5 Å². The number of carbonyl (C=O) groups is 1. The third kappa shape index (κ3) is 3.48. The van der Waals surface area contributed by atoms with Crippen LogP contribution in [0, 0.1) is 13.8 Å². The van der Waals surface area contributed by atoms with Crippen molar-refractivity contribution in [2.75, 3.05) is 24.5 Å². The Hall–Kier alpha value is -2.06. The maximum Gasteiger partial charge on any atom is 0.263 e. The molecule has 1 aliphatic rings. The fourth-order valence-electron chi connectivity index (χ4n) is 2.72. The number of aliphatic hydroxyl groups is 1. The normalized spacial score (nSPS) is 20.7. The van der Waals surface area contributed by atoms with Crippen molar-refractivity contribution in [2.45, 2.75) is 25.9 Å². The molecule has 0 unspecified atom stereocenters. The molecule has 0 spiro atoms. The third-order valence-corrected chi connectivity index (χ3v) is 4.97. The molecule has 3 rings (SSSR count). The van der Waals surface area contributed by atoms with Gasteiger partial charge in [-0.1, -0.05) is 0 Å². The van der Waals surface area contributed by atoms with Crippen LogP contribution in [0.2, 0.25) is 0 Å². The largest absolute Gasteiger partial charge is 0.386 e. The second-order valence-corrected chi connectivity index (χ2v) is 6.99. The summed E-state index contributed by atoms with van der Waals surface area (Å²) in [6, 6.07) is 0. The first kappa shape index (κ1) is 15.8. The van der Waals surface area contributed by atoms with Gasteiger partial charge in [0, 0.05) is 32.0 Å². The van der Waals surface area contributed by atoms with Crippen LogP contribution >= 0.6 is 11.3 Å². The van der Waals surface area contributed by atoms with E-state index in [4.69, 9.17) is 0 Å². The summed E-state index contributed by atoms with van der Waals surface area (Å²) < 4.78 is 0. The van der Waals surface area contributed by atoms with E-state index in [0.29, 0.717) is 24.4 Å². The number of aryl methyl sites for hydroxylation is 2. The number of carbonyl (C=O) groups excluding carboxylic acids is 1. The topological polar surface area (TPSA) is 91.2 Å². The van der Waals surface area contributed by atoms with Crippen LogP contribution in [0.15, 0.2) is 18.6 Å². The zero-order chi connectivity index (χ0) is 16.4. The highest BCUT2D eigenvalue weighted by atomic mass is 32.1. The molecular weight excluding hydrogens is 314 g/mol. The number of nitrogens with zero attached hydrogens (tertiary/aromatic N) is 4. The molecule has 2 aromatic rings. The van der Waals surface area contributed by atoms with Crippen LogP contribution in [0.5, 0.6) is 0 Å². The summed E-state index contributed by atoms with van der Waals surface area (Å²) in [6.45, 7) is 5.01. The fourth-order valence-corrected chi connectivity index (χ4v) is 3.55. The predicted molar refractivity (Wildman–Crippen MR) is 87.7 cm³/mol. The van der Waals surface area contributed by atoms with Crippen molar-refractivity contribution in [1.29, 1.82) is 0 Å². The monoisotopic (exact) mass is 333 g/mol. The number of β-amino-alcohol motifs (C(OH)–C–C–N with tert-alkyl or cyclic N) is 1. The average Bonchev–Trinajstić information content (AvgIpc) is 3.09. The first-order chi connectivity index (χ1) is 11.0. The van der Waals surface area contributed by atoms with Crippen molar-refractivity contribution in [3.8, 4) is 0 Å². The van der Waals surface area contributed by atoms with Crippen LogP contribution in [0.25, 0.3) is 0 Å². The number of hydrogen-bond donors (Lipinski definition) is 2. The van der Waals surface area contributed by atoms with Crippen LogP contribution in [0.3, 0.4) is 0 Å². The Morgan fingerprint density at radius 2 is 2.30 bits per heavy atom. The lowest BCUT2D eigenvalue weighted by atomic mass is 10.0. The van der Waals surface area contributed by atoms with Gasteiger partial charge in [0.25, 0.3) is 5.91 Å². The van der Waals surface area contributed by atoms with Gasteiger partial charge in [0.15, 0.2) is 0 Å². The van der Waals surface area contributed by atoms with E-state index >= 15 is 0 Å². The SMILES string of the molecule is Cc1nc(C)c(C(=O)NC[C@]2(O)CCN(c3cnccn3)C2)s1. The fraction of sp³-hybridized carbons (Fsp3) is 0.467. The summed E-state index contributed by atoms with van der Waals surface area (Å²) in [5, 5.41) is 14.4. The molecule has 23 heavy (non-hydrogen) atoms. The van der Waals surface area contributed by atoms with Gasteiger partial charge < -0.3 is 15.3 Å². The van der Waals surface area contributed by atoms with Crippen LogP contribution in [-0.2, 0) is 0 Å². The quantitative estimate of drug-likeness (QED) is 0.865. The smallest absolute Gasteiger partial charge is 0.263 e. The van der Waals surface area contributed by atoms with Crippen molar-refractivity contribution in [2.24, 2.45) is 0 Å². The molecule has 7 nitrogen and oxygen atoms in total. The van der Waals surface area contributed by atoms with Gasteiger partial charge in [-0.15, -0.1) is 11.3 Å². The molecule has 122 valence electrons. The van der Waals surface area contributed by atoms with Gasteiger partial charge in [0.05, 0.1) is 16.9 Å². The van der Waals surface area contributed by atoms with E-state index in [-0.39, 0.29) is 12.5 Å². The minimum atomic E-state index is -0.958. The number of amides is 1. The number of aromatic nitrogens is 3. The Morgan fingerprint density at radius 1 is 1.48 bits per heavy atom. The highest BCUT2D eigenvalue weighted by Gasteiger charge is 2.37. The van der Waals surface area contributed by atoms with E-state index in [2.05, 4.69) is 20.3 Å². The molecule has 1 fully saturated rings. The number of nitrogens with one attached hydrogen (secondary N) is 1. The molecule has 0 radical (unpaired) electrons. The second kappa shape index (κ2) is 6.21. The Morgan fingerprint density at radius 3 is 2.96 bits per heavy atom. The summed E-state index contributed by atoms with van der Waals surface area (Å²) in [4.78, 5) is 27.4. The second-order valence-electron chi connectivity index (χ2n) is 5.79. The van der Waals surface area contributed by atoms with Gasteiger partial charge in [0.2, 0.25) is 0 Å². The lowest BCUT2D eigenvalue weighted by molar-refractivity contribution is 0.0576. The Bertz CT molecular complexity index is 705. The van der Waals surface area contributed by atoms with Crippen molar-refractivity contribution in [3.63, 3.8) is 0 Å². The van der Waals surface area contributed by atoms with Crippen LogP contribution in [0.4, 0.5) is 5.82 Å². The molecule has 1 saturated heterocycles. The van der Waals surface area contributed by atoms with Crippen molar-refractivity contribution >= 4 is 23.1 Å². The molecule has 2 N–H and O–H groups in total. The number of hydrogen-bond acceptors (Lipinski definition) is 7. The molecule has 1 aliphatic heterocycles. The van der Waals surface area contributed by atoms with Gasteiger partial charge in [0.1, 0.15) is 16.3 Å². The highest BCUT2D eigenvalue weighted by molar-refractivity contribution is 7.13. The molecule has 0 aromatic carbocycles. The van der Waals surface area contributed by atoms with Crippen molar-refractivity contribution in [3.05, 3.63) is 34.2 Å². The molecule has 3 heterocycles. The van der Waals surface area contributed by atoms with Crippen molar-refractivity contribution in [1.82, 2.24) is 20.3 Å². The zero-order valence-electron chi connectivity index (χ0n) is 13.1. The molecule has 0 bridgehead atoms. The first-order valence-electron chi connectivity index (χ1n) is 7.42. The van der Waals surface area contributed by atoms with Gasteiger partial charge >= 0.3 is 0 Å². The van der Waals surface area contributed by atoms with Gasteiger partial charge in [-0.3, -0.25) is 9.78 Å². The summed E-state index contributed by atoms with van der Waals surface area (Å²) in [6.07, 6.45) is 5.49. The molecule has 2 aromatic heterocycles. The number of rotatable bonds is 4. The number of anilines is 1. The third-order valence-electron chi connectivity index (χ3n) is 3.89. The Labute approximate surface area is 138 Å². The summed E-state index contributed by atoms with van der Waals surface area (Å²) in [5.41, 5.74) is -0.231. The zero-order valence-corrected chi connectivity index (χ0v) is 13.9. The average molecular weight is 333 g/mol. The van der Waals surface area contributed by atoms with E-state index in [1.54, 1.807) is 18.6 Å². The van der Waals surface area contributed by atoms with Gasteiger partial charge in [-0.2, -0.15) is 0 Å². The highest BCUT2D eigenvalue weighted by Crippen LogP contribution is 2.25. The lowest BCUT2D eigenvalue weighted by Crippen LogP contribution is -2.45. The first-order valence-corrected chi connectivity index (χ1v) is 8.24. The summed E-state index contributed by atoms with van der Waals surface area (Å²) in [5.74, 6) is 0.558. The molecule has 0 aliphatic carbocycles. The predicted octanol–water partition coefficient (Wildman–Crippen LogP) is 0.921. The Kier molecular flexibility index (Phi) is 4.27. The van der Waals surface area contributed by atoms with E-state index < -0.39 is 5.60 Å². The summed E-state index contributed by atoms with van der Waals surface area (Å²) in [7, 11) is 0. The maximum absolute atomic E-state index is 12.2. The minimum absolute atomic E-state index is 0.181. The van der Waals surface area contributed by atoms with E-state index in [9.17, 15) is 9.90 Å². The van der Waals surface area contributed by atoms with Gasteiger partial charge in [-0.05, 0) is 20.3 Å². The number of thiazole rings is 1. The molecule has 0 saturated carbocycles. The minimum Gasteiger partial charge on any atom is -0.386 e. The van der Waals surface area contributed by atoms with E-state index in [1.165, 1.54) is 11.3 Å². The lowest BCUT2D eigenvalue weighted by Gasteiger charge is -2.24. The van der Waals surface area contributed by atoms with E-state index in [1.807, 2.05) is 18.7 Å². The van der Waals surface area contributed by atoms with Crippen molar-refractivity contribution < 1.29 is 9.90 Å². The van der Waals surface area contributed by atoms with Crippen LogP contribution in [-0.4, -0.2) is 51.2 Å². The van der Waals surface area contributed by atoms with Crippen LogP contribution in [0.1, 0.15) is 26.8 Å². The standard InChI is InChI=1S/C15H19N5O2S/c1-10-13(23-11(2)19-10)14(21)18-8-15(22)3-6-20(9-15)12-7-16-4-5-17-12/h4-5,7,22H,3,6,8-9H2,1-2H3,(H,18,21)/t15-/m1/s1. The molecular formula is C15H19N5O2S. The molecule has 1 amide bonds.